The Morgan fingerprint density at radius 3 is 2.59 bits per heavy atom. The van der Waals surface area contributed by atoms with Crippen molar-refractivity contribution in [1.82, 2.24) is 0 Å². The van der Waals surface area contributed by atoms with Crippen molar-refractivity contribution in [2.45, 2.75) is 50.6 Å². The minimum Gasteiger partial charge on any atom is -0.456 e. The Bertz CT molecular complexity index is 1140. The molecule has 0 N–H and O–H groups in total. The van der Waals surface area contributed by atoms with Crippen LogP contribution in [0.2, 0.25) is 0 Å². The quantitative estimate of drug-likeness (QED) is 0.579. The molecule has 3 heterocycles. The first-order chi connectivity index (χ1) is 15.2. The van der Waals surface area contributed by atoms with Crippen molar-refractivity contribution in [3.05, 3.63) is 75.5 Å². The highest BCUT2D eigenvalue weighted by Crippen LogP contribution is 2.54. The molecule has 7 heteroatoms. The zero-order valence-electron chi connectivity index (χ0n) is 18.2. The number of likely N-dealkylation sites (N-methyl/N-ethyl adjacent to an activating group) is 1. The van der Waals surface area contributed by atoms with Gasteiger partial charge in [-0.1, -0.05) is 52.3 Å². The highest BCUT2D eigenvalue weighted by Gasteiger charge is 2.62. The smallest absolute Gasteiger partial charge is 0.344 e. The lowest BCUT2D eigenvalue weighted by molar-refractivity contribution is -0.224. The summed E-state index contributed by atoms with van der Waals surface area (Å²) < 4.78 is 19.1. The van der Waals surface area contributed by atoms with Crippen LogP contribution in [0.25, 0.3) is 0 Å². The first-order valence-electron chi connectivity index (χ1n) is 10.7. The Labute approximate surface area is 195 Å². The summed E-state index contributed by atoms with van der Waals surface area (Å²) in [5.74, 6) is -1.51. The van der Waals surface area contributed by atoms with Gasteiger partial charge in [-0.3, -0.25) is 4.79 Å². The number of nitrogens with zero attached hydrogens (tertiary/aromatic N) is 1. The van der Waals surface area contributed by atoms with Crippen LogP contribution < -0.4 is 4.90 Å². The number of cyclic esters (lactones) is 1. The average Bonchev–Trinajstić information content (AvgIpc) is 2.93. The van der Waals surface area contributed by atoms with E-state index in [4.69, 9.17) is 14.2 Å². The van der Waals surface area contributed by atoms with Gasteiger partial charge in [0.15, 0.2) is 0 Å². The molecule has 3 aliphatic heterocycles. The summed E-state index contributed by atoms with van der Waals surface area (Å²) in [6.45, 7) is 3.40. The van der Waals surface area contributed by atoms with E-state index in [0.717, 1.165) is 10.9 Å². The second kappa shape index (κ2) is 7.46. The highest BCUT2D eigenvalue weighted by atomic mass is 79.9. The van der Waals surface area contributed by atoms with E-state index in [1.807, 2.05) is 36.4 Å². The summed E-state index contributed by atoms with van der Waals surface area (Å²) >= 11 is 3.48. The van der Waals surface area contributed by atoms with E-state index in [-0.39, 0.29) is 17.6 Å². The number of hydrogen-bond acceptors (Lipinski definition) is 5. The number of benzene rings is 2. The maximum absolute atomic E-state index is 13.7. The summed E-state index contributed by atoms with van der Waals surface area (Å²) in [6.07, 6.45) is 1.58. The van der Waals surface area contributed by atoms with Gasteiger partial charge in [0.05, 0.1) is 11.8 Å². The lowest BCUT2D eigenvalue weighted by Gasteiger charge is -2.44. The summed E-state index contributed by atoms with van der Waals surface area (Å²) in [4.78, 5) is 28.5. The van der Waals surface area contributed by atoms with Crippen LogP contribution in [0.5, 0.6) is 0 Å². The van der Waals surface area contributed by atoms with Crippen LogP contribution >= 0.6 is 15.9 Å². The van der Waals surface area contributed by atoms with E-state index in [1.165, 1.54) is 10.5 Å². The van der Waals surface area contributed by atoms with E-state index >= 15 is 0 Å². The summed E-state index contributed by atoms with van der Waals surface area (Å²) in [5.41, 5.74) is 1.09. The second-order valence-electron chi connectivity index (χ2n) is 8.86. The zero-order chi connectivity index (χ0) is 22.7. The molecule has 0 aliphatic carbocycles. The van der Waals surface area contributed by atoms with Crippen molar-refractivity contribution < 1.29 is 23.8 Å². The number of hydrogen-bond donors (Lipinski definition) is 0. The fourth-order valence-corrected chi connectivity index (χ4v) is 5.18. The Morgan fingerprint density at radius 2 is 1.84 bits per heavy atom. The van der Waals surface area contributed by atoms with Gasteiger partial charge in [0, 0.05) is 37.4 Å². The van der Waals surface area contributed by atoms with Crippen LogP contribution in [-0.2, 0) is 35.8 Å². The number of fused-ring (bicyclic) bond motifs is 3. The van der Waals surface area contributed by atoms with Gasteiger partial charge in [0.25, 0.3) is 5.91 Å². The number of rotatable bonds is 3. The van der Waals surface area contributed by atoms with Gasteiger partial charge in [-0.05, 0) is 30.5 Å². The van der Waals surface area contributed by atoms with Crippen LogP contribution in [0, 0.1) is 0 Å². The molecular formula is C25H24BrNO5. The number of amides is 1. The van der Waals surface area contributed by atoms with Gasteiger partial charge in [-0.15, -0.1) is 0 Å². The topological polar surface area (TPSA) is 65.1 Å². The molecule has 0 unspecified atom stereocenters. The molecule has 0 saturated heterocycles. The third kappa shape index (κ3) is 3.26. The molecule has 0 saturated carbocycles. The van der Waals surface area contributed by atoms with Crippen LogP contribution in [0.4, 0.5) is 5.69 Å². The predicted octanol–water partition coefficient (Wildman–Crippen LogP) is 4.61. The molecule has 1 amide bonds. The van der Waals surface area contributed by atoms with E-state index in [1.54, 1.807) is 20.9 Å². The fraction of sp³-hybridized carbons (Fsp3) is 0.360. The number of aryl methyl sites for hydroxylation is 1. The first kappa shape index (κ1) is 21.2. The van der Waals surface area contributed by atoms with Gasteiger partial charge in [-0.2, -0.15) is 0 Å². The van der Waals surface area contributed by atoms with Gasteiger partial charge >= 0.3 is 5.97 Å². The van der Waals surface area contributed by atoms with E-state index in [2.05, 4.69) is 28.1 Å². The number of esters is 1. The van der Waals surface area contributed by atoms with Gasteiger partial charge in [-0.25, -0.2) is 4.79 Å². The Kier molecular flexibility index (Phi) is 4.94. The van der Waals surface area contributed by atoms with Crippen molar-refractivity contribution in [3.63, 3.8) is 0 Å². The third-order valence-corrected chi connectivity index (χ3v) is 6.70. The fourth-order valence-electron chi connectivity index (χ4n) is 4.83. The SMILES string of the molecule is CN1C(=O)[C@]2(O[C@H](CCc3ccccc3)CC3=C2C(=O)OC(C)(C)O3)c2ccc(Br)cc21. The summed E-state index contributed by atoms with van der Waals surface area (Å²) in [5, 5.41) is 0. The molecule has 0 aromatic heterocycles. The number of halogens is 1. The lowest BCUT2D eigenvalue weighted by Crippen LogP contribution is -2.54. The molecule has 32 heavy (non-hydrogen) atoms. The molecule has 3 aliphatic rings. The van der Waals surface area contributed by atoms with Crippen molar-refractivity contribution in [3.8, 4) is 0 Å². The molecule has 2 aromatic rings. The maximum atomic E-state index is 13.7. The molecule has 2 atom stereocenters. The predicted molar refractivity (Wildman–Crippen MR) is 122 cm³/mol. The Morgan fingerprint density at radius 1 is 1.09 bits per heavy atom. The van der Waals surface area contributed by atoms with Crippen LogP contribution in [0.15, 0.2) is 64.3 Å². The molecule has 0 radical (unpaired) electrons. The number of carbonyl (C=O) groups excluding carboxylic acids is 2. The monoisotopic (exact) mass is 497 g/mol. The molecule has 5 rings (SSSR count). The normalized spacial score (nSPS) is 26.0. The van der Waals surface area contributed by atoms with Crippen molar-refractivity contribution in [2.24, 2.45) is 0 Å². The average molecular weight is 498 g/mol. The van der Waals surface area contributed by atoms with Crippen molar-refractivity contribution in [2.75, 3.05) is 11.9 Å². The number of ether oxygens (including phenoxy) is 3. The van der Waals surface area contributed by atoms with Crippen LogP contribution in [-0.4, -0.2) is 30.8 Å². The van der Waals surface area contributed by atoms with E-state index < -0.39 is 17.4 Å². The molecular weight excluding hydrogens is 474 g/mol. The lowest BCUT2D eigenvalue weighted by atomic mass is 9.81. The molecule has 2 aromatic carbocycles. The maximum Gasteiger partial charge on any atom is 0.344 e. The third-order valence-electron chi connectivity index (χ3n) is 6.20. The minimum atomic E-state index is -1.58. The minimum absolute atomic E-state index is 0.158. The molecule has 0 bridgehead atoms. The van der Waals surface area contributed by atoms with Gasteiger partial charge < -0.3 is 19.1 Å². The Hall–Kier alpha value is -2.64. The Balaban J connectivity index is 1.61. The van der Waals surface area contributed by atoms with E-state index in [9.17, 15) is 9.59 Å². The van der Waals surface area contributed by atoms with Crippen LogP contribution in [0.1, 0.15) is 37.8 Å². The van der Waals surface area contributed by atoms with Gasteiger partial charge in [0.2, 0.25) is 11.4 Å². The number of carbonyl (C=O) groups is 2. The first-order valence-corrected chi connectivity index (χ1v) is 11.5. The molecule has 166 valence electrons. The van der Waals surface area contributed by atoms with E-state index in [0.29, 0.717) is 29.9 Å². The number of anilines is 1. The molecule has 1 spiro atoms. The standard InChI is InChI=1S/C25H24BrNO5/c1-24(2)31-20-14-17(11-9-15-7-5-4-6-8-15)30-25(21(20)22(28)32-24)18-12-10-16(26)13-19(18)27(3)23(25)29/h4-8,10,12-13,17H,9,11,14H2,1-3H3/t17-,25+/m1/s1. The van der Waals surface area contributed by atoms with Crippen molar-refractivity contribution in [1.29, 1.82) is 0 Å². The zero-order valence-corrected chi connectivity index (χ0v) is 19.8. The van der Waals surface area contributed by atoms with Crippen LogP contribution in [0.3, 0.4) is 0 Å². The molecule has 6 nitrogen and oxygen atoms in total. The summed E-state index contributed by atoms with van der Waals surface area (Å²) in [7, 11) is 1.69. The largest absolute Gasteiger partial charge is 0.456 e. The van der Waals surface area contributed by atoms with Gasteiger partial charge in [0.1, 0.15) is 11.3 Å². The van der Waals surface area contributed by atoms with Crippen molar-refractivity contribution >= 4 is 33.5 Å². The highest BCUT2D eigenvalue weighted by molar-refractivity contribution is 9.10. The molecule has 0 fully saturated rings. The summed E-state index contributed by atoms with van der Waals surface area (Å²) in [6, 6.07) is 15.7. The second-order valence-corrected chi connectivity index (χ2v) is 9.78.